The lowest BCUT2D eigenvalue weighted by molar-refractivity contribution is 0.491. The summed E-state index contributed by atoms with van der Waals surface area (Å²) in [6.07, 6.45) is 2.11. The molecule has 1 heterocycles. The summed E-state index contributed by atoms with van der Waals surface area (Å²) < 4.78 is 2.22. The van der Waals surface area contributed by atoms with Crippen LogP contribution in [0.3, 0.4) is 0 Å². The van der Waals surface area contributed by atoms with Crippen LogP contribution >= 0.6 is 0 Å². The number of para-hydroxylation sites is 1. The molecule has 0 spiro atoms. The first-order valence-corrected chi connectivity index (χ1v) is 12.2. The Balaban J connectivity index is 1.60. The molecule has 0 amide bonds. The van der Waals surface area contributed by atoms with Crippen molar-refractivity contribution in [2.75, 3.05) is 0 Å². The molecule has 5 aromatic rings. The molecule has 0 saturated carbocycles. The van der Waals surface area contributed by atoms with Gasteiger partial charge in [-0.2, -0.15) is 5.10 Å². The van der Waals surface area contributed by atoms with Crippen molar-refractivity contribution >= 4 is 0 Å². The Morgan fingerprint density at radius 2 is 1.44 bits per heavy atom. The van der Waals surface area contributed by atoms with Crippen molar-refractivity contribution in [1.29, 1.82) is 0 Å². The van der Waals surface area contributed by atoms with Crippen LogP contribution in [0.5, 0.6) is 0 Å². The molecule has 2 nitrogen and oxygen atoms in total. The lowest BCUT2D eigenvalue weighted by atomic mass is 9.65. The summed E-state index contributed by atoms with van der Waals surface area (Å²) >= 11 is 0. The van der Waals surface area contributed by atoms with E-state index in [0.29, 0.717) is 5.92 Å². The van der Waals surface area contributed by atoms with Gasteiger partial charge in [-0.05, 0) is 54.5 Å². The van der Waals surface area contributed by atoms with E-state index in [-0.39, 0.29) is 5.41 Å². The fraction of sp³-hybridized carbons (Fsp3) is 0.156. The zero-order chi connectivity index (χ0) is 22.7. The first-order valence-electron chi connectivity index (χ1n) is 12.2. The number of benzene rings is 4. The van der Waals surface area contributed by atoms with Crippen LogP contribution in [0.25, 0.3) is 16.9 Å². The maximum absolute atomic E-state index is 5.34. The zero-order valence-corrected chi connectivity index (χ0v) is 19.3. The second-order valence-electron chi connectivity index (χ2n) is 9.75. The van der Waals surface area contributed by atoms with Crippen LogP contribution in [0.4, 0.5) is 0 Å². The minimum Gasteiger partial charge on any atom is -0.237 e. The van der Waals surface area contributed by atoms with Crippen LogP contribution in [0.2, 0.25) is 0 Å². The van der Waals surface area contributed by atoms with Crippen LogP contribution in [0.15, 0.2) is 109 Å². The van der Waals surface area contributed by atoms with Gasteiger partial charge in [0, 0.05) is 22.2 Å². The Labute approximate surface area is 200 Å². The third kappa shape index (κ3) is 2.66. The summed E-state index contributed by atoms with van der Waals surface area (Å²) in [5, 5.41) is 5.34. The molecule has 0 fully saturated rings. The Kier molecular flexibility index (Phi) is 4.20. The van der Waals surface area contributed by atoms with Crippen molar-refractivity contribution in [2.24, 2.45) is 0 Å². The molecule has 2 aliphatic carbocycles. The molecule has 2 atom stereocenters. The highest BCUT2D eigenvalue weighted by molar-refractivity contribution is 5.74. The normalized spacial score (nSPS) is 20.1. The predicted molar refractivity (Wildman–Crippen MR) is 138 cm³/mol. The van der Waals surface area contributed by atoms with E-state index < -0.39 is 0 Å². The van der Waals surface area contributed by atoms with Gasteiger partial charge in [-0.25, -0.2) is 4.68 Å². The minimum atomic E-state index is -0.191. The summed E-state index contributed by atoms with van der Waals surface area (Å²) in [6, 6.07) is 39.7. The first-order chi connectivity index (χ1) is 16.8. The van der Waals surface area contributed by atoms with Crippen molar-refractivity contribution in [2.45, 2.75) is 31.1 Å². The summed E-state index contributed by atoms with van der Waals surface area (Å²) in [7, 11) is 0. The van der Waals surface area contributed by atoms with Crippen molar-refractivity contribution in [3.05, 3.63) is 143 Å². The third-order valence-electron chi connectivity index (χ3n) is 7.85. The van der Waals surface area contributed by atoms with Gasteiger partial charge in [0.25, 0.3) is 0 Å². The molecule has 2 bridgehead atoms. The van der Waals surface area contributed by atoms with Crippen LogP contribution < -0.4 is 0 Å². The topological polar surface area (TPSA) is 17.8 Å². The number of hydrogen-bond acceptors (Lipinski definition) is 1. The van der Waals surface area contributed by atoms with E-state index in [2.05, 4.69) is 121 Å². The fourth-order valence-electron chi connectivity index (χ4n) is 6.41. The number of aryl methyl sites for hydroxylation is 1. The van der Waals surface area contributed by atoms with Gasteiger partial charge in [-0.15, -0.1) is 0 Å². The van der Waals surface area contributed by atoms with Gasteiger partial charge < -0.3 is 0 Å². The molecule has 34 heavy (non-hydrogen) atoms. The molecule has 0 radical (unpaired) electrons. The maximum Gasteiger partial charge on any atom is 0.0975 e. The Bertz CT molecular complexity index is 1500. The highest BCUT2D eigenvalue weighted by Gasteiger charge is 2.53. The van der Waals surface area contributed by atoms with Crippen molar-refractivity contribution in [3.8, 4) is 16.9 Å². The van der Waals surface area contributed by atoms with Gasteiger partial charge in [0.1, 0.15) is 0 Å². The SMILES string of the molecule is Cc1ccc(-c2nn(-c3ccccc3)c3c2[C@@]2(c4ccccc4)C[C@@H](C3)c3ccccc32)cc1. The second-order valence-corrected chi connectivity index (χ2v) is 9.75. The maximum atomic E-state index is 5.34. The van der Waals surface area contributed by atoms with Crippen molar-refractivity contribution < 1.29 is 0 Å². The lowest BCUT2D eigenvalue weighted by Crippen LogP contribution is -2.31. The second kappa shape index (κ2) is 7.30. The largest absolute Gasteiger partial charge is 0.237 e. The molecule has 0 saturated heterocycles. The number of aromatic nitrogens is 2. The minimum absolute atomic E-state index is 0.191. The predicted octanol–water partition coefficient (Wildman–Crippen LogP) is 7.23. The van der Waals surface area contributed by atoms with Gasteiger partial charge >= 0.3 is 0 Å². The first kappa shape index (κ1) is 19.5. The van der Waals surface area contributed by atoms with E-state index in [0.717, 1.165) is 24.2 Å². The van der Waals surface area contributed by atoms with Crippen molar-refractivity contribution in [1.82, 2.24) is 9.78 Å². The van der Waals surface area contributed by atoms with E-state index in [4.69, 9.17) is 5.10 Å². The van der Waals surface area contributed by atoms with Gasteiger partial charge in [0.15, 0.2) is 0 Å². The molecule has 2 aliphatic rings. The average molecular weight is 439 g/mol. The highest BCUT2D eigenvalue weighted by Crippen LogP contribution is 2.60. The van der Waals surface area contributed by atoms with E-state index in [1.54, 1.807) is 0 Å². The summed E-state index contributed by atoms with van der Waals surface area (Å²) in [6.45, 7) is 2.14. The van der Waals surface area contributed by atoms with Gasteiger partial charge in [-0.3, -0.25) is 0 Å². The molecule has 0 aliphatic heterocycles. The Morgan fingerprint density at radius 1 is 0.765 bits per heavy atom. The molecule has 164 valence electrons. The summed E-state index contributed by atoms with van der Waals surface area (Å²) in [4.78, 5) is 0. The summed E-state index contributed by atoms with van der Waals surface area (Å²) in [5.74, 6) is 0.494. The molecular formula is C32H26N2. The molecule has 0 N–H and O–H groups in total. The van der Waals surface area contributed by atoms with E-state index in [1.165, 1.54) is 39.1 Å². The highest BCUT2D eigenvalue weighted by atomic mass is 15.3. The molecule has 1 aromatic heterocycles. The molecular weight excluding hydrogens is 412 g/mol. The quantitative estimate of drug-likeness (QED) is 0.291. The average Bonchev–Trinajstić information content (AvgIpc) is 3.41. The van der Waals surface area contributed by atoms with Gasteiger partial charge in [-0.1, -0.05) is 103 Å². The van der Waals surface area contributed by atoms with Gasteiger partial charge in [0.2, 0.25) is 0 Å². The van der Waals surface area contributed by atoms with E-state index in [9.17, 15) is 0 Å². The number of nitrogens with zero attached hydrogens (tertiary/aromatic N) is 2. The van der Waals surface area contributed by atoms with E-state index in [1.807, 2.05) is 0 Å². The number of hydrogen-bond donors (Lipinski definition) is 0. The Hall–Kier alpha value is -3.91. The molecule has 7 rings (SSSR count). The monoisotopic (exact) mass is 438 g/mol. The molecule has 2 heteroatoms. The van der Waals surface area contributed by atoms with Crippen LogP contribution in [0, 0.1) is 6.92 Å². The standard InChI is InChI=1S/C32H26N2/c1-22-16-18-23(19-17-22)31-30-29(34(33-31)26-12-6-3-7-13-26)20-24-21-32(30,25-10-4-2-5-11-25)28-15-9-8-14-27(24)28/h2-19,24H,20-21H2,1H3/t24-,32-/m1/s1. The molecule has 4 aromatic carbocycles. The molecule has 0 unspecified atom stereocenters. The van der Waals surface area contributed by atoms with Crippen LogP contribution in [-0.4, -0.2) is 9.78 Å². The Morgan fingerprint density at radius 3 is 2.21 bits per heavy atom. The van der Waals surface area contributed by atoms with Gasteiger partial charge in [0.05, 0.1) is 11.4 Å². The number of rotatable bonds is 3. The fourth-order valence-corrected chi connectivity index (χ4v) is 6.41. The lowest BCUT2D eigenvalue weighted by Gasteiger charge is -2.36. The van der Waals surface area contributed by atoms with E-state index >= 15 is 0 Å². The summed E-state index contributed by atoms with van der Waals surface area (Å²) in [5.41, 5.74) is 11.5. The van der Waals surface area contributed by atoms with Crippen LogP contribution in [-0.2, 0) is 11.8 Å². The van der Waals surface area contributed by atoms with Crippen molar-refractivity contribution in [3.63, 3.8) is 0 Å². The third-order valence-corrected chi connectivity index (χ3v) is 7.85. The number of fused-ring (bicyclic) bond motifs is 7. The van der Waals surface area contributed by atoms with Crippen LogP contribution in [0.1, 0.15) is 45.8 Å². The smallest absolute Gasteiger partial charge is 0.0975 e. The zero-order valence-electron chi connectivity index (χ0n) is 19.3.